The van der Waals surface area contributed by atoms with Gasteiger partial charge in [0.15, 0.2) is 8.32 Å². The second-order valence-corrected chi connectivity index (χ2v) is 12.0. The lowest BCUT2D eigenvalue weighted by molar-refractivity contribution is 0.239. The molecule has 1 nitrogen and oxygen atoms in total. The smallest absolute Gasteiger partial charge is 0.188 e. The van der Waals surface area contributed by atoms with Crippen molar-refractivity contribution in [3.63, 3.8) is 0 Å². The van der Waals surface area contributed by atoms with Crippen molar-refractivity contribution >= 4 is 46.2 Å². The topological polar surface area (TPSA) is 9.23 Å². The summed E-state index contributed by atoms with van der Waals surface area (Å²) in [5.74, 6) is 0. The first-order chi connectivity index (χ1) is 8.39. The number of halogens is 2. The van der Waals surface area contributed by atoms with E-state index < -0.39 is 8.32 Å². The molecule has 0 bridgehead atoms. The molecule has 1 heterocycles. The first kappa shape index (κ1) is 14.6. The average molecular weight is 317 g/mol. The molecule has 0 aliphatic carbocycles. The Kier molecular flexibility index (Phi) is 4.60. The fourth-order valence-corrected chi connectivity index (χ4v) is 8.68. The van der Waals surface area contributed by atoms with E-state index in [4.69, 9.17) is 27.6 Å². The third-order valence-corrected chi connectivity index (χ3v) is 8.95. The van der Waals surface area contributed by atoms with Gasteiger partial charge in [0.1, 0.15) is 9.52 Å². The Hall–Kier alpha value is 0.194. The van der Waals surface area contributed by atoms with Crippen LogP contribution in [0.15, 0.2) is 24.3 Å². The zero-order chi connectivity index (χ0) is 13.3. The summed E-state index contributed by atoms with van der Waals surface area (Å²) in [6.07, 6.45) is 0. The Balaban J connectivity index is 2.15. The summed E-state index contributed by atoms with van der Waals surface area (Å²) in [5, 5.41) is 1.30. The average Bonchev–Trinajstić information content (AvgIpc) is 2.27. The Bertz CT molecular complexity index is 425. The van der Waals surface area contributed by atoms with Crippen LogP contribution in [0.3, 0.4) is 0 Å². The van der Waals surface area contributed by atoms with Crippen LogP contribution in [0.2, 0.25) is 19.1 Å². The van der Waals surface area contributed by atoms with Crippen LogP contribution in [-0.2, 0) is 4.43 Å². The molecule has 0 saturated carbocycles. The number of alkyl halides is 2. The Morgan fingerprint density at radius 2 is 1.94 bits per heavy atom. The van der Waals surface area contributed by atoms with E-state index in [1.165, 1.54) is 10.8 Å². The van der Waals surface area contributed by atoms with Crippen molar-refractivity contribution < 1.29 is 4.43 Å². The summed E-state index contributed by atoms with van der Waals surface area (Å²) in [4.78, 5) is 0. The zero-order valence-electron chi connectivity index (χ0n) is 10.9. The number of aryl methyl sites for hydroxylation is 1. The molecule has 2 radical (unpaired) electrons. The molecule has 1 aromatic carbocycles. The van der Waals surface area contributed by atoms with Gasteiger partial charge in [-0.25, -0.2) is 0 Å². The van der Waals surface area contributed by atoms with E-state index in [1.807, 2.05) is 0 Å². The molecule has 1 aliphatic rings. The van der Waals surface area contributed by atoms with E-state index in [1.54, 1.807) is 0 Å². The summed E-state index contributed by atoms with van der Waals surface area (Å²) < 4.78 is 6.25. The summed E-state index contributed by atoms with van der Waals surface area (Å²) >= 11 is 12.8. The van der Waals surface area contributed by atoms with Gasteiger partial charge in [-0.1, -0.05) is 35.0 Å². The van der Waals surface area contributed by atoms with Crippen LogP contribution in [0.4, 0.5) is 0 Å². The Morgan fingerprint density at radius 3 is 2.61 bits per heavy atom. The molecule has 18 heavy (non-hydrogen) atoms. The van der Waals surface area contributed by atoms with Crippen molar-refractivity contribution in [2.24, 2.45) is 0 Å². The molecule has 0 N–H and O–H groups in total. The third-order valence-electron chi connectivity index (χ3n) is 3.21. The van der Waals surface area contributed by atoms with E-state index in [2.05, 4.69) is 44.3 Å². The van der Waals surface area contributed by atoms with E-state index in [0.29, 0.717) is 9.52 Å². The van der Waals surface area contributed by atoms with Gasteiger partial charge in [0.25, 0.3) is 0 Å². The molecule has 1 fully saturated rings. The van der Waals surface area contributed by atoms with Gasteiger partial charge in [-0.05, 0) is 26.1 Å². The molecule has 1 aliphatic heterocycles. The quantitative estimate of drug-likeness (QED) is 0.602. The van der Waals surface area contributed by atoms with Gasteiger partial charge in [-0.3, -0.25) is 0 Å². The van der Waals surface area contributed by atoms with E-state index in [-0.39, 0.29) is 16.5 Å². The number of hydrogen-bond acceptors (Lipinski definition) is 1. The molecule has 0 aromatic heterocycles. The lowest BCUT2D eigenvalue weighted by atomic mass is 10.2. The fourth-order valence-electron chi connectivity index (χ4n) is 2.23. The fraction of sp³-hybridized carbons (Fsp3) is 0.538. The highest BCUT2D eigenvalue weighted by Crippen LogP contribution is 2.32. The Morgan fingerprint density at radius 1 is 1.28 bits per heavy atom. The van der Waals surface area contributed by atoms with Gasteiger partial charge in [-0.2, -0.15) is 0 Å². The predicted molar refractivity (Wildman–Crippen MR) is 83.0 cm³/mol. The van der Waals surface area contributed by atoms with E-state index in [9.17, 15) is 0 Å². The second kappa shape index (κ2) is 5.67. The minimum absolute atomic E-state index is 0.0450. The van der Waals surface area contributed by atoms with Crippen molar-refractivity contribution in [2.45, 2.75) is 42.5 Å². The third kappa shape index (κ3) is 3.39. The number of benzene rings is 1. The van der Waals surface area contributed by atoms with Crippen LogP contribution in [0.5, 0.6) is 0 Å². The normalized spacial score (nSPS) is 31.3. The summed E-state index contributed by atoms with van der Waals surface area (Å²) in [6, 6.07) is 9.37. The highest BCUT2D eigenvalue weighted by molar-refractivity contribution is 6.74. The first-order valence-corrected chi connectivity index (χ1v) is 11.2. The van der Waals surface area contributed by atoms with Crippen LogP contribution in [0.25, 0.3) is 0 Å². The highest BCUT2D eigenvalue weighted by atomic mass is 35.5. The lowest BCUT2D eigenvalue weighted by Crippen LogP contribution is -2.54. The molecule has 1 saturated heterocycles. The number of hydrogen-bond donors (Lipinski definition) is 0. The van der Waals surface area contributed by atoms with Crippen molar-refractivity contribution in [1.82, 2.24) is 0 Å². The van der Waals surface area contributed by atoms with Gasteiger partial charge in [0.05, 0.1) is 16.5 Å². The van der Waals surface area contributed by atoms with Crippen molar-refractivity contribution in [3.8, 4) is 0 Å². The largest absolute Gasteiger partial charge is 0.416 e. The molecule has 5 heteroatoms. The van der Waals surface area contributed by atoms with Gasteiger partial charge in [0.2, 0.25) is 0 Å². The maximum atomic E-state index is 6.43. The monoisotopic (exact) mass is 316 g/mol. The molecule has 1 aromatic rings. The maximum Gasteiger partial charge on any atom is 0.188 e. The molecule has 2 rings (SSSR count). The Labute approximate surface area is 123 Å². The van der Waals surface area contributed by atoms with Crippen LogP contribution < -0.4 is 5.19 Å². The summed E-state index contributed by atoms with van der Waals surface area (Å²) in [6.45, 7) is 6.58. The van der Waals surface area contributed by atoms with Crippen molar-refractivity contribution in [2.75, 3.05) is 0 Å². The second-order valence-electron chi connectivity index (χ2n) is 5.42. The molecular weight excluding hydrogens is 299 g/mol. The van der Waals surface area contributed by atoms with Crippen LogP contribution in [0, 0.1) is 6.92 Å². The molecular formula is C13H18Cl2OSi2. The van der Waals surface area contributed by atoms with Crippen molar-refractivity contribution in [1.29, 1.82) is 0 Å². The molecule has 3 atom stereocenters. The number of rotatable bonds is 2. The van der Waals surface area contributed by atoms with Crippen LogP contribution in [0.1, 0.15) is 5.56 Å². The lowest BCUT2D eigenvalue weighted by Gasteiger charge is -2.40. The predicted octanol–water partition coefficient (Wildman–Crippen LogP) is 3.10. The van der Waals surface area contributed by atoms with Gasteiger partial charge >= 0.3 is 0 Å². The minimum atomic E-state index is -1.64. The van der Waals surface area contributed by atoms with Gasteiger partial charge < -0.3 is 4.43 Å². The van der Waals surface area contributed by atoms with Gasteiger partial charge in [0, 0.05) is 0 Å². The zero-order valence-corrected chi connectivity index (χ0v) is 14.4. The molecule has 0 amide bonds. The van der Waals surface area contributed by atoms with Crippen molar-refractivity contribution in [3.05, 3.63) is 29.8 Å². The molecule has 0 spiro atoms. The van der Waals surface area contributed by atoms with E-state index >= 15 is 0 Å². The molecule has 98 valence electrons. The minimum Gasteiger partial charge on any atom is -0.416 e. The van der Waals surface area contributed by atoms with Gasteiger partial charge in [-0.15, -0.1) is 23.2 Å². The maximum absolute atomic E-state index is 6.43. The van der Waals surface area contributed by atoms with Crippen LogP contribution >= 0.6 is 23.2 Å². The van der Waals surface area contributed by atoms with E-state index in [0.717, 1.165) is 6.04 Å². The molecule has 3 unspecified atom stereocenters. The van der Waals surface area contributed by atoms with Crippen LogP contribution in [-0.4, -0.2) is 34.3 Å². The highest BCUT2D eigenvalue weighted by Gasteiger charge is 2.42. The summed E-state index contributed by atoms with van der Waals surface area (Å²) in [5.41, 5.74) is 1.38. The first-order valence-electron chi connectivity index (χ1n) is 6.17. The summed E-state index contributed by atoms with van der Waals surface area (Å²) in [7, 11) is -1.06. The standard InChI is InChI=1S/C13H18Cl2OSi2/c1-9-6-4-5-7-11(9)17-13-12(15)10(14)8-18(2,3)16-13/h4-7,10,12-13H,8H2,1-3H3. The SMILES string of the molecule is Cc1ccccc1[Si]C1O[Si](C)(C)CC(Cl)C1Cl.